The molecule has 0 aliphatic carbocycles. The van der Waals surface area contributed by atoms with Gasteiger partial charge < -0.3 is 4.90 Å². The van der Waals surface area contributed by atoms with E-state index in [1.807, 2.05) is 13.0 Å². The van der Waals surface area contributed by atoms with Gasteiger partial charge >= 0.3 is 0 Å². The first kappa shape index (κ1) is 19.6. The Morgan fingerprint density at radius 2 is 1.97 bits per heavy atom. The Morgan fingerprint density at radius 3 is 2.60 bits per heavy atom. The van der Waals surface area contributed by atoms with Gasteiger partial charge in [-0.05, 0) is 31.2 Å². The highest BCUT2D eigenvalue weighted by Crippen LogP contribution is 2.33. The SMILES string of the molecule is C#Cn1cc(-c2cnn3c2C(=O)N(c2ccc(C(F)F)cc2)C[C@@H]3C)cc/c1=N/C. The second-order valence-corrected chi connectivity index (χ2v) is 7.01. The highest BCUT2D eigenvalue weighted by atomic mass is 19.3. The molecule has 8 heteroatoms. The molecule has 3 aromatic rings. The summed E-state index contributed by atoms with van der Waals surface area (Å²) in [6.07, 6.45) is 6.39. The van der Waals surface area contributed by atoms with Gasteiger partial charge in [-0.1, -0.05) is 18.6 Å². The lowest BCUT2D eigenvalue weighted by Gasteiger charge is -2.32. The minimum absolute atomic E-state index is 0.0812. The molecular weight excluding hydrogens is 388 g/mol. The van der Waals surface area contributed by atoms with Gasteiger partial charge in [0.1, 0.15) is 11.2 Å². The number of halogens is 2. The molecule has 1 aliphatic heterocycles. The third-order valence-corrected chi connectivity index (χ3v) is 5.17. The van der Waals surface area contributed by atoms with Crippen molar-refractivity contribution in [3.05, 3.63) is 65.5 Å². The van der Waals surface area contributed by atoms with E-state index in [-0.39, 0.29) is 17.5 Å². The van der Waals surface area contributed by atoms with E-state index in [2.05, 4.69) is 16.1 Å². The summed E-state index contributed by atoms with van der Waals surface area (Å²) in [5, 5.41) is 4.41. The smallest absolute Gasteiger partial charge is 0.277 e. The molecule has 0 spiro atoms. The predicted molar refractivity (Wildman–Crippen MR) is 109 cm³/mol. The van der Waals surface area contributed by atoms with Crippen LogP contribution in [0, 0.1) is 12.5 Å². The van der Waals surface area contributed by atoms with Crippen LogP contribution >= 0.6 is 0 Å². The van der Waals surface area contributed by atoms with E-state index in [9.17, 15) is 13.6 Å². The normalized spacial score (nSPS) is 16.7. The van der Waals surface area contributed by atoms with Gasteiger partial charge in [0, 0.05) is 48.2 Å². The molecule has 152 valence electrons. The maximum absolute atomic E-state index is 13.4. The Morgan fingerprint density at radius 1 is 1.23 bits per heavy atom. The molecule has 0 radical (unpaired) electrons. The van der Waals surface area contributed by atoms with Crippen molar-refractivity contribution >= 4 is 11.6 Å². The number of carbonyl (C=O) groups excluding carboxylic acids is 1. The first-order chi connectivity index (χ1) is 14.4. The highest BCUT2D eigenvalue weighted by Gasteiger charge is 2.33. The van der Waals surface area contributed by atoms with Gasteiger partial charge in [-0.3, -0.25) is 19.0 Å². The molecule has 6 nitrogen and oxygen atoms in total. The molecule has 0 N–H and O–H groups in total. The maximum atomic E-state index is 13.4. The highest BCUT2D eigenvalue weighted by molar-refractivity contribution is 6.09. The van der Waals surface area contributed by atoms with E-state index in [1.54, 1.807) is 47.2 Å². The number of aromatic nitrogens is 3. The number of anilines is 1. The number of pyridine rings is 1. The Kier molecular flexibility index (Phi) is 4.96. The van der Waals surface area contributed by atoms with E-state index < -0.39 is 6.43 Å². The van der Waals surface area contributed by atoms with Gasteiger partial charge in [0.25, 0.3) is 12.3 Å². The zero-order valence-corrected chi connectivity index (χ0v) is 16.5. The molecule has 1 aromatic carbocycles. The summed E-state index contributed by atoms with van der Waals surface area (Å²) in [7, 11) is 1.65. The zero-order chi connectivity index (χ0) is 21.4. The molecule has 30 heavy (non-hydrogen) atoms. The zero-order valence-electron chi connectivity index (χ0n) is 16.5. The molecule has 0 saturated heterocycles. The molecular formula is C22H19F2N5O. The largest absolute Gasteiger partial charge is 0.305 e. The molecule has 2 aromatic heterocycles. The quantitative estimate of drug-likeness (QED) is 0.625. The van der Waals surface area contributed by atoms with Crippen molar-refractivity contribution in [1.29, 1.82) is 0 Å². The average molecular weight is 407 g/mol. The van der Waals surface area contributed by atoms with Crippen molar-refractivity contribution < 1.29 is 13.6 Å². The second-order valence-electron chi connectivity index (χ2n) is 7.01. The lowest BCUT2D eigenvalue weighted by Crippen LogP contribution is -2.42. The standard InChI is InChI=1S/C22H19F2N5O/c1-4-27-13-16(7-10-19(27)25-3)18-11-26-29-14(2)12-28(22(30)20(18)29)17-8-5-15(6-9-17)21(23)24/h1,5-11,13-14,21H,12H2,2-3H3/b25-19-/t14-/m0/s1. The molecule has 1 aliphatic rings. The Labute approximate surface area is 172 Å². The molecule has 3 heterocycles. The minimum Gasteiger partial charge on any atom is -0.305 e. The molecule has 1 atom stereocenters. The van der Waals surface area contributed by atoms with Crippen molar-refractivity contribution in [3.8, 4) is 23.6 Å². The summed E-state index contributed by atoms with van der Waals surface area (Å²) in [6, 6.07) is 11.8. The molecule has 0 saturated carbocycles. The molecule has 0 bridgehead atoms. The summed E-state index contributed by atoms with van der Waals surface area (Å²) in [4.78, 5) is 19.1. The van der Waals surface area contributed by atoms with Crippen molar-refractivity contribution in [3.63, 3.8) is 0 Å². The van der Waals surface area contributed by atoms with E-state index in [4.69, 9.17) is 6.42 Å². The number of terminal acetylenes is 1. The Hall–Kier alpha value is -3.73. The Bertz CT molecular complexity index is 1220. The lowest BCUT2D eigenvalue weighted by molar-refractivity contribution is 0.0954. The van der Waals surface area contributed by atoms with E-state index in [0.29, 0.717) is 29.0 Å². The molecule has 1 amide bonds. The summed E-state index contributed by atoms with van der Waals surface area (Å²) in [5.74, 6) is -0.248. The first-order valence-corrected chi connectivity index (χ1v) is 9.34. The van der Waals surface area contributed by atoms with Crippen LogP contribution in [0.3, 0.4) is 0 Å². The van der Waals surface area contributed by atoms with Gasteiger partial charge in [-0.15, -0.1) is 0 Å². The van der Waals surface area contributed by atoms with Gasteiger partial charge in [-0.2, -0.15) is 5.10 Å². The maximum Gasteiger partial charge on any atom is 0.277 e. The Balaban J connectivity index is 1.78. The predicted octanol–water partition coefficient (Wildman–Crippen LogP) is 3.48. The van der Waals surface area contributed by atoms with Crippen LogP contribution in [0.4, 0.5) is 14.5 Å². The van der Waals surface area contributed by atoms with Crippen LogP contribution in [0.25, 0.3) is 11.1 Å². The monoisotopic (exact) mass is 407 g/mol. The number of nitrogens with zero attached hydrogens (tertiary/aromatic N) is 5. The third kappa shape index (κ3) is 3.18. The van der Waals surface area contributed by atoms with E-state index in [1.165, 1.54) is 16.7 Å². The van der Waals surface area contributed by atoms with Crippen LogP contribution in [0.5, 0.6) is 0 Å². The summed E-state index contributed by atoms with van der Waals surface area (Å²) >= 11 is 0. The summed E-state index contributed by atoms with van der Waals surface area (Å²) in [6.45, 7) is 2.34. The number of rotatable bonds is 3. The summed E-state index contributed by atoms with van der Waals surface area (Å²) < 4.78 is 29.0. The van der Waals surface area contributed by atoms with Crippen molar-refractivity contribution in [2.75, 3.05) is 18.5 Å². The number of hydrogen-bond acceptors (Lipinski definition) is 3. The van der Waals surface area contributed by atoms with Gasteiger partial charge in [0.15, 0.2) is 0 Å². The van der Waals surface area contributed by atoms with Crippen LogP contribution in [0.2, 0.25) is 0 Å². The van der Waals surface area contributed by atoms with Crippen LogP contribution in [0.15, 0.2) is 53.8 Å². The molecule has 0 unspecified atom stereocenters. The van der Waals surface area contributed by atoms with Crippen molar-refractivity contribution in [2.24, 2.45) is 4.99 Å². The fraction of sp³-hybridized carbons (Fsp3) is 0.227. The fourth-order valence-electron chi connectivity index (χ4n) is 3.63. The van der Waals surface area contributed by atoms with Crippen LogP contribution in [-0.2, 0) is 0 Å². The number of amides is 1. The minimum atomic E-state index is -2.55. The second kappa shape index (κ2) is 7.59. The number of fused-ring (bicyclic) bond motifs is 1. The number of hydrogen-bond donors (Lipinski definition) is 0. The number of alkyl halides is 2. The average Bonchev–Trinajstić information content (AvgIpc) is 3.22. The number of carbonyl (C=O) groups is 1. The van der Waals surface area contributed by atoms with Crippen molar-refractivity contribution in [1.82, 2.24) is 14.3 Å². The number of benzene rings is 1. The summed E-state index contributed by atoms with van der Waals surface area (Å²) in [5.41, 5.74) is 2.90. The topological polar surface area (TPSA) is 55.4 Å². The molecule has 0 fully saturated rings. The molecule has 4 rings (SSSR count). The fourth-order valence-corrected chi connectivity index (χ4v) is 3.63. The van der Waals surface area contributed by atoms with Crippen LogP contribution in [0.1, 0.15) is 35.4 Å². The van der Waals surface area contributed by atoms with Crippen molar-refractivity contribution in [2.45, 2.75) is 19.4 Å². The van der Waals surface area contributed by atoms with Crippen LogP contribution in [-0.4, -0.2) is 33.8 Å². The van der Waals surface area contributed by atoms with Gasteiger partial charge in [-0.25, -0.2) is 8.78 Å². The van der Waals surface area contributed by atoms with Crippen LogP contribution < -0.4 is 10.4 Å². The lowest BCUT2D eigenvalue weighted by atomic mass is 10.0. The van der Waals surface area contributed by atoms with Gasteiger partial charge in [0.05, 0.1) is 12.2 Å². The third-order valence-electron chi connectivity index (χ3n) is 5.17. The first-order valence-electron chi connectivity index (χ1n) is 9.34. The van der Waals surface area contributed by atoms with E-state index in [0.717, 1.165) is 5.56 Å². The van der Waals surface area contributed by atoms with Gasteiger partial charge in [0.2, 0.25) is 0 Å². The van der Waals surface area contributed by atoms with E-state index >= 15 is 0 Å².